The van der Waals surface area contributed by atoms with Crippen LogP contribution in [0.3, 0.4) is 0 Å². The normalized spacial score (nSPS) is 33.9. The van der Waals surface area contributed by atoms with Crippen molar-refractivity contribution in [3.05, 3.63) is 41.0 Å². The van der Waals surface area contributed by atoms with E-state index in [1.54, 1.807) is 26.8 Å². The molecule has 2 saturated heterocycles. The van der Waals surface area contributed by atoms with Crippen LogP contribution >= 0.6 is 0 Å². The van der Waals surface area contributed by atoms with Gasteiger partial charge in [0.25, 0.3) is 0 Å². The number of aromatic hydroxyl groups is 1. The highest BCUT2D eigenvalue weighted by Crippen LogP contribution is 2.57. The van der Waals surface area contributed by atoms with Crippen molar-refractivity contribution in [1.29, 1.82) is 0 Å². The number of rotatable bonds is 3. The number of aryl methyl sites for hydroxylation is 1. The molecule has 4 amide bonds. The van der Waals surface area contributed by atoms with Gasteiger partial charge in [-0.2, -0.15) is 0 Å². The zero-order chi connectivity index (χ0) is 22.9. The molecule has 3 fully saturated rings. The number of nitrogens with zero attached hydrogens (tertiary/aromatic N) is 2. The summed E-state index contributed by atoms with van der Waals surface area (Å²) < 4.78 is 0. The molecule has 168 valence electrons. The number of phenols is 1. The van der Waals surface area contributed by atoms with Crippen LogP contribution in [0.15, 0.2) is 29.8 Å². The molecule has 2 aliphatic heterocycles. The van der Waals surface area contributed by atoms with Gasteiger partial charge < -0.3 is 5.11 Å². The maximum Gasteiger partial charge on any atom is 0.234 e. The molecule has 2 aliphatic carbocycles. The van der Waals surface area contributed by atoms with Crippen molar-refractivity contribution >= 4 is 23.6 Å². The molecule has 5 rings (SSSR count). The monoisotopic (exact) mass is 436 g/mol. The van der Waals surface area contributed by atoms with Gasteiger partial charge in [0, 0.05) is 19.0 Å². The first-order chi connectivity index (χ1) is 15.3. The number of carbonyl (C=O) groups excluding carboxylic acids is 4. The maximum atomic E-state index is 13.3. The second-order valence-corrected chi connectivity index (χ2v) is 9.41. The molecule has 32 heavy (non-hydrogen) atoms. The van der Waals surface area contributed by atoms with E-state index in [1.165, 1.54) is 9.80 Å². The van der Waals surface area contributed by atoms with Crippen LogP contribution in [0, 0.1) is 36.5 Å². The zero-order valence-electron chi connectivity index (χ0n) is 18.6. The van der Waals surface area contributed by atoms with Gasteiger partial charge in [-0.05, 0) is 56.7 Å². The minimum atomic E-state index is -0.514. The van der Waals surface area contributed by atoms with Crippen LogP contribution in [0.4, 0.5) is 0 Å². The average Bonchev–Trinajstić information content (AvgIpc) is 3.17. The first kappa shape index (κ1) is 20.9. The molecule has 0 aromatic heterocycles. The number of carbonyl (C=O) groups is 4. The molecule has 7 nitrogen and oxygen atoms in total. The van der Waals surface area contributed by atoms with Crippen molar-refractivity contribution in [2.24, 2.45) is 29.6 Å². The first-order valence-corrected chi connectivity index (χ1v) is 11.5. The molecular weight excluding hydrogens is 408 g/mol. The Morgan fingerprint density at radius 2 is 1.50 bits per heavy atom. The van der Waals surface area contributed by atoms with Crippen LogP contribution in [0.1, 0.15) is 43.7 Å². The van der Waals surface area contributed by atoms with E-state index in [-0.39, 0.29) is 47.1 Å². The van der Waals surface area contributed by atoms with Gasteiger partial charge in [0.15, 0.2) is 0 Å². The summed E-state index contributed by atoms with van der Waals surface area (Å²) in [7, 11) is 0. The number of fused-ring (bicyclic) bond motifs is 4. The van der Waals surface area contributed by atoms with Gasteiger partial charge in [0.1, 0.15) is 5.75 Å². The molecule has 1 N–H and O–H groups in total. The van der Waals surface area contributed by atoms with Crippen molar-refractivity contribution < 1.29 is 24.3 Å². The number of hydrogen-bond acceptors (Lipinski definition) is 5. The molecule has 1 aromatic carbocycles. The fraction of sp³-hybridized carbons (Fsp3) is 0.520. The fourth-order valence-corrected chi connectivity index (χ4v) is 6.59. The second kappa shape index (κ2) is 7.29. The summed E-state index contributed by atoms with van der Waals surface area (Å²) in [5, 5.41) is 10.0. The van der Waals surface area contributed by atoms with E-state index in [0.29, 0.717) is 31.5 Å². The minimum absolute atomic E-state index is 0.124. The van der Waals surface area contributed by atoms with Gasteiger partial charge in [-0.3, -0.25) is 29.0 Å². The van der Waals surface area contributed by atoms with Crippen LogP contribution in [0.5, 0.6) is 5.75 Å². The Morgan fingerprint density at radius 1 is 0.875 bits per heavy atom. The summed E-state index contributed by atoms with van der Waals surface area (Å²) in [5.41, 5.74) is 2.56. The van der Waals surface area contributed by atoms with Crippen LogP contribution in [-0.2, 0) is 19.2 Å². The van der Waals surface area contributed by atoms with Crippen molar-refractivity contribution in [2.45, 2.75) is 39.5 Å². The Hall–Kier alpha value is -2.96. The molecule has 0 unspecified atom stereocenters. The molecule has 2 heterocycles. The molecule has 4 aliphatic rings. The first-order valence-electron chi connectivity index (χ1n) is 11.5. The number of phenolic OH excluding ortho intramolecular Hbond substituents is 1. The number of benzene rings is 1. The Morgan fingerprint density at radius 3 is 2.12 bits per heavy atom. The van der Waals surface area contributed by atoms with Crippen molar-refractivity contribution in [3.8, 4) is 5.75 Å². The van der Waals surface area contributed by atoms with Gasteiger partial charge in [0.05, 0.1) is 23.7 Å². The molecule has 0 spiro atoms. The van der Waals surface area contributed by atoms with E-state index in [1.807, 2.05) is 18.2 Å². The highest BCUT2D eigenvalue weighted by atomic mass is 16.3. The third-order valence-corrected chi connectivity index (χ3v) is 8.04. The van der Waals surface area contributed by atoms with Crippen LogP contribution in [0.25, 0.3) is 0 Å². The minimum Gasteiger partial charge on any atom is -0.508 e. The molecule has 7 heteroatoms. The van der Waals surface area contributed by atoms with Gasteiger partial charge in [-0.1, -0.05) is 23.8 Å². The Balaban J connectivity index is 1.65. The quantitative estimate of drug-likeness (QED) is 0.580. The lowest BCUT2D eigenvalue weighted by atomic mass is 9.57. The SMILES string of the molecule is CCN1C(=O)[C@H]2[C@H](CC=C3[C@H]2C[C@H]2C(=O)N(CC)C(=O)[C@H]2[C@H]3c2ccc(O)c(C)c2)C1=O. The van der Waals surface area contributed by atoms with Gasteiger partial charge in [-0.25, -0.2) is 0 Å². The lowest BCUT2D eigenvalue weighted by molar-refractivity contribution is -0.141. The summed E-state index contributed by atoms with van der Waals surface area (Å²) in [6.07, 6.45) is 2.94. The summed E-state index contributed by atoms with van der Waals surface area (Å²) in [5.74, 6) is -2.89. The molecule has 6 atom stereocenters. The predicted molar refractivity (Wildman–Crippen MR) is 115 cm³/mol. The van der Waals surface area contributed by atoms with Crippen molar-refractivity contribution in [3.63, 3.8) is 0 Å². The lowest BCUT2D eigenvalue weighted by Gasteiger charge is -2.44. The van der Waals surface area contributed by atoms with Gasteiger partial charge in [0.2, 0.25) is 23.6 Å². The molecule has 0 radical (unpaired) electrons. The number of hydrogen-bond donors (Lipinski definition) is 1. The van der Waals surface area contributed by atoms with Crippen LogP contribution in [0.2, 0.25) is 0 Å². The predicted octanol–water partition coefficient (Wildman–Crippen LogP) is 2.38. The van der Waals surface area contributed by atoms with E-state index >= 15 is 0 Å². The Labute approximate surface area is 187 Å². The largest absolute Gasteiger partial charge is 0.508 e. The Bertz CT molecular complexity index is 1080. The summed E-state index contributed by atoms with van der Waals surface area (Å²) in [6, 6.07) is 5.31. The highest BCUT2D eigenvalue weighted by molar-refractivity contribution is 6.07. The number of allylic oxidation sites excluding steroid dienone is 2. The number of imide groups is 2. The summed E-state index contributed by atoms with van der Waals surface area (Å²) >= 11 is 0. The Kier molecular flexibility index (Phi) is 4.76. The maximum absolute atomic E-state index is 13.3. The zero-order valence-corrected chi connectivity index (χ0v) is 18.6. The topological polar surface area (TPSA) is 95.0 Å². The molecule has 1 aromatic rings. The van der Waals surface area contributed by atoms with E-state index in [9.17, 15) is 24.3 Å². The second-order valence-electron chi connectivity index (χ2n) is 9.41. The standard InChI is InChI=1S/C25H28N2O5/c1-4-26-22(29)15-8-7-14-16(20(15)24(26)31)11-17-21(25(32)27(5-2)23(17)30)19(14)13-6-9-18(28)12(3)10-13/h6-7,9-10,15-17,19-21,28H,4-5,8,11H2,1-3H3/t15-,16+,17+,19-,20-,21+/m0/s1. The average molecular weight is 437 g/mol. The smallest absolute Gasteiger partial charge is 0.234 e. The van der Waals surface area contributed by atoms with E-state index < -0.39 is 17.8 Å². The highest BCUT2D eigenvalue weighted by Gasteiger charge is 2.61. The van der Waals surface area contributed by atoms with Gasteiger partial charge >= 0.3 is 0 Å². The van der Waals surface area contributed by atoms with Crippen LogP contribution in [-0.4, -0.2) is 51.6 Å². The fourth-order valence-electron chi connectivity index (χ4n) is 6.59. The van der Waals surface area contributed by atoms with E-state index in [4.69, 9.17) is 0 Å². The van der Waals surface area contributed by atoms with Gasteiger partial charge in [-0.15, -0.1) is 0 Å². The molecule has 0 bridgehead atoms. The molecular formula is C25H28N2O5. The van der Waals surface area contributed by atoms with Crippen molar-refractivity contribution in [1.82, 2.24) is 9.80 Å². The van der Waals surface area contributed by atoms with E-state index in [2.05, 4.69) is 0 Å². The summed E-state index contributed by atoms with van der Waals surface area (Å²) in [4.78, 5) is 55.3. The number of amides is 4. The molecule has 1 saturated carbocycles. The van der Waals surface area contributed by atoms with E-state index in [0.717, 1.165) is 11.1 Å². The van der Waals surface area contributed by atoms with Crippen LogP contribution < -0.4 is 0 Å². The number of likely N-dealkylation sites (tertiary alicyclic amines) is 2. The summed E-state index contributed by atoms with van der Waals surface area (Å²) in [6.45, 7) is 6.08. The third-order valence-electron chi connectivity index (χ3n) is 8.04. The van der Waals surface area contributed by atoms with Crippen molar-refractivity contribution in [2.75, 3.05) is 13.1 Å². The lowest BCUT2D eigenvalue weighted by Crippen LogP contribution is -2.43. The third kappa shape index (κ3) is 2.66.